The van der Waals surface area contributed by atoms with E-state index in [1.54, 1.807) is 11.8 Å². The lowest BCUT2D eigenvalue weighted by Gasteiger charge is -2.40. The number of aliphatic hydroxyl groups is 1. The molecule has 0 bridgehead atoms. The maximum Gasteiger partial charge on any atom is 0.408 e. The number of esters is 1. The highest BCUT2D eigenvalue weighted by atomic mass is 32.2. The first-order valence-electron chi connectivity index (χ1n) is 19.1. The molecule has 1 aromatic heterocycles. The maximum absolute atomic E-state index is 12.3. The van der Waals surface area contributed by atoms with Gasteiger partial charge in [0, 0.05) is 35.8 Å². The van der Waals surface area contributed by atoms with E-state index in [1.165, 1.54) is 0 Å². The van der Waals surface area contributed by atoms with Crippen LogP contribution in [0.4, 0.5) is 16.3 Å². The van der Waals surface area contributed by atoms with Crippen LogP contribution in [0.2, 0.25) is 0 Å². The minimum absolute atomic E-state index is 0.00101. The fraction of sp³-hybridized carbons (Fsp3) is 0.561. The third kappa shape index (κ3) is 13.1. The van der Waals surface area contributed by atoms with E-state index in [0.717, 1.165) is 90.8 Å². The molecule has 0 radical (unpaired) electrons. The van der Waals surface area contributed by atoms with Crippen LogP contribution in [0.25, 0.3) is 0 Å². The number of hydrogen-bond acceptors (Lipinski definition) is 11. The van der Waals surface area contributed by atoms with Crippen LogP contribution in [0.5, 0.6) is 5.75 Å². The summed E-state index contributed by atoms with van der Waals surface area (Å²) in [4.78, 5) is 36.8. The molecule has 1 aliphatic heterocycles. The molecule has 3 N–H and O–H groups in total. The van der Waals surface area contributed by atoms with Crippen molar-refractivity contribution in [1.82, 2.24) is 15.3 Å². The molecule has 1 amide bonds. The molecule has 2 aliphatic rings. The number of hydrogen-bond donors (Lipinski definition) is 3. The third-order valence-electron chi connectivity index (χ3n) is 9.61. The van der Waals surface area contributed by atoms with Crippen LogP contribution in [-0.4, -0.2) is 77.2 Å². The Morgan fingerprint density at radius 2 is 1.81 bits per heavy atom. The van der Waals surface area contributed by atoms with Gasteiger partial charge in [0.25, 0.3) is 0 Å². The van der Waals surface area contributed by atoms with E-state index in [1.807, 2.05) is 64.4 Å². The number of amides is 1. The van der Waals surface area contributed by atoms with Gasteiger partial charge < -0.3 is 34.9 Å². The van der Waals surface area contributed by atoms with Gasteiger partial charge >= 0.3 is 12.1 Å². The largest absolute Gasteiger partial charge is 0.494 e. The molecular weight excluding hydrogens is 691 g/mol. The number of carbonyl (C=O) groups excluding carboxylic acids is 2. The van der Waals surface area contributed by atoms with Crippen molar-refractivity contribution in [2.24, 2.45) is 5.92 Å². The predicted molar refractivity (Wildman–Crippen MR) is 209 cm³/mol. The third-order valence-corrected chi connectivity index (χ3v) is 10.5. The summed E-state index contributed by atoms with van der Waals surface area (Å²) in [6.07, 6.45) is 9.68. The van der Waals surface area contributed by atoms with Crippen molar-refractivity contribution in [1.29, 1.82) is 0 Å². The van der Waals surface area contributed by atoms with Gasteiger partial charge in [-0.1, -0.05) is 36.4 Å². The van der Waals surface area contributed by atoms with Gasteiger partial charge in [-0.3, -0.25) is 4.79 Å². The van der Waals surface area contributed by atoms with Gasteiger partial charge in [0.2, 0.25) is 0 Å². The topological polar surface area (TPSA) is 135 Å². The summed E-state index contributed by atoms with van der Waals surface area (Å²) >= 11 is 1.56. The van der Waals surface area contributed by atoms with Crippen LogP contribution in [0.15, 0.2) is 70.8 Å². The second-order valence-electron chi connectivity index (χ2n) is 15.4. The fourth-order valence-electron chi connectivity index (χ4n) is 6.48. The molecule has 12 heteroatoms. The van der Waals surface area contributed by atoms with E-state index in [4.69, 9.17) is 19.2 Å². The molecule has 2 heterocycles. The van der Waals surface area contributed by atoms with Crippen molar-refractivity contribution in [2.75, 3.05) is 43.1 Å². The summed E-state index contributed by atoms with van der Waals surface area (Å²) in [7, 11) is 0. The number of nitrogens with zero attached hydrogens (tertiary/aromatic N) is 3. The molecule has 3 aromatic rings. The summed E-state index contributed by atoms with van der Waals surface area (Å²) < 4.78 is 16.5. The molecule has 53 heavy (non-hydrogen) atoms. The Kier molecular flexibility index (Phi) is 14.3. The van der Waals surface area contributed by atoms with Gasteiger partial charge in [-0.25, -0.2) is 14.8 Å². The quantitative estimate of drug-likeness (QED) is 0.0864. The van der Waals surface area contributed by atoms with Crippen molar-refractivity contribution >= 4 is 35.3 Å². The second-order valence-corrected chi connectivity index (χ2v) is 16.4. The molecule has 1 saturated heterocycles. The number of alkyl carbamates (subject to hydrolysis) is 1. The first-order chi connectivity index (χ1) is 25.4. The number of carbonyl (C=O) groups is 2. The van der Waals surface area contributed by atoms with Crippen LogP contribution in [0.1, 0.15) is 97.5 Å². The Morgan fingerprint density at radius 3 is 2.51 bits per heavy atom. The first-order valence-corrected chi connectivity index (χ1v) is 19.9. The van der Waals surface area contributed by atoms with Gasteiger partial charge in [-0.05, 0) is 121 Å². The predicted octanol–water partition coefficient (Wildman–Crippen LogP) is 7.98. The molecule has 1 aliphatic carbocycles. The van der Waals surface area contributed by atoms with Gasteiger partial charge in [0.15, 0.2) is 0 Å². The second kappa shape index (κ2) is 18.8. The Labute approximate surface area is 319 Å². The molecule has 3 unspecified atom stereocenters. The van der Waals surface area contributed by atoms with E-state index < -0.39 is 5.60 Å². The minimum Gasteiger partial charge on any atom is -0.494 e. The number of aromatic nitrogens is 2. The van der Waals surface area contributed by atoms with Crippen molar-refractivity contribution in [3.8, 4) is 5.75 Å². The summed E-state index contributed by atoms with van der Waals surface area (Å²) in [5.41, 5.74) is 1.33. The number of nitrogens with one attached hydrogen (secondary N) is 2. The lowest BCUT2D eigenvalue weighted by Crippen LogP contribution is -2.54. The molecule has 2 fully saturated rings. The first kappa shape index (κ1) is 40.2. The molecule has 11 nitrogen and oxygen atoms in total. The monoisotopic (exact) mass is 747 g/mol. The van der Waals surface area contributed by atoms with Gasteiger partial charge in [0.1, 0.15) is 22.2 Å². The van der Waals surface area contributed by atoms with Gasteiger partial charge in [-0.2, -0.15) is 0 Å². The average molecular weight is 748 g/mol. The van der Waals surface area contributed by atoms with Crippen LogP contribution < -0.4 is 20.3 Å². The minimum atomic E-state index is -0.524. The Hall–Kier alpha value is -4.03. The standard InChI is InChI=1S/C41H57N5O6S/c1-6-50-38(48)35-26-34(35)29-14-16-32(17-15-29)51-24-9-7-8-12-31(47)18-21-42-30-11-10-13-33(25-30)53-37-28-43-36(27-44-37)46-22-19-41(5,20-23-46)45-39(49)52-40(2,3)4/h10-11,13-17,25,27-28,31,34-35,42,47H,6-9,12,18-24,26H2,1-5H3,(H,45,49). The Bertz CT molecular complexity index is 1610. The smallest absolute Gasteiger partial charge is 0.408 e. The molecule has 2 aromatic carbocycles. The SMILES string of the molecule is CCOC(=O)C1CC1c1ccc(OCCCCCC(O)CCNc2cccc(Sc3cnc(N4CCC(C)(NC(=O)OC(C)(C)C)CC4)cn3)c2)cc1. The fourth-order valence-corrected chi connectivity index (χ4v) is 7.27. The van der Waals surface area contributed by atoms with Crippen molar-refractivity contribution in [3.05, 3.63) is 66.5 Å². The molecular formula is C41H57N5O6S. The normalized spacial score (nSPS) is 18.5. The zero-order valence-corrected chi connectivity index (χ0v) is 32.8. The van der Waals surface area contributed by atoms with Gasteiger partial charge in [0.05, 0.1) is 37.6 Å². The summed E-state index contributed by atoms with van der Waals surface area (Å²) in [6, 6.07) is 16.3. The summed E-state index contributed by atoms with van der Waals surface area (Å²) in [5.74, 6) is 1.85. The van der Waals surface area contributed by atoms with Crippen LogP contribution in [0.3, 0.4) is 0 Å². The number of benzene rings is 2. The number of unbranched alkanes of at least 4 members (excludes halogenated alkanes) is 2. The lowest BCUT2D eigenvalue weighted by atomic mass is 9.90. The lowest BCUT2D eigenvalue weighted by molar-refractivity contribution is -0.144. The molecule has 0 spiro atoms. The zero-order chi connectivity index (χ0) is 37.8. The van der Waals surface area contributed by atoms with Crippen LogP contribution in [-0.2, 0) is 14.3 Å². The van der Waals surface area contributed by atoms with Crippen molar-refractivity contribution < 1.29 is 28.9 Å². The number of anilines is 2. The summed E-state index contributed by atoms with van der Waals surface area (Å²) in [5, 5.41) is 17.9. The number of aliphatic hydroxyl groups excluding tert-OH is 1. The number of ether oxygens (including phenoxy) is 3. The molecule has 1 saturated carbocycles. The number of piperidine rings is 1. The van der Waals surface area contributed by atoms with E-state index in [0.29, 0.717) is 26.2 Å². The highest BCUT2D eigenvalue weighted by Crippen LogP contribution is 2.48. The van der Waals surface area contributed by atoms with Crippen LogP contribution >= 0.6 is 11.8 Å². The van der Waals surface area contributed by atoms with E-state index in [9.17, 15) is 14.7 Å². The Morgan fingerprint density at radius 1 is 1.04 bits per heavy atom. The van der Waals surface area contributed by atoms with Crippen molar-refractivity contribution in [2.45, 2.75) is 119 Å². The summed E-state index contributed by atoms with van der Waals surface area (Å²) in [6.45, 7) is 12.8. The van der Waals surface area contributed by atoms with E-state index >= 15 is 0 Å². The molecule has 288 valence electrons. The Balaban J connectivity index is 0.931. The molecule has 5 rings (SSSR count). The zero-order valence-electron chi connectivity index (χ0n) is 31.9. The molecule has 3 atom stereocenters. The highest BCUT2D eigenvalue weighted by molar-refractivity contribution is 7.99. The van der Waals surface area contributed by atoms with Gasteiger partial charge in [-0.15, -0.1) is 0 Å². The highest BCUT2D eigenvalue weighted by Gasteiger charge is 2.45. The number of rotatable bonds is 18. The maximum atomic E-state index is 12.3. The van der Waals surface area contributed by atoms with Crippen molar-refractivity contribution in [3.63, 3.8) is 0 Å². The average Bonchev–Trinajstić information content (AvgIpc) is 3.92. The van der Waals surface area contributed by atoms with E-state index in [2.05, 4.69) is 51.7 Å². The van der Waals surface area contributed by atoms with Crippen LogP contribution in [0, 0.1) is 5.92 Å². The van der Waals surface area contributed by atoms with E-state index in [-0.39, 0.29) is 35.5 Å².